The van der Waals surface area contributed by atoms with Gasteiger partial charge in [-0.15, -0.1) is 0 Å². The Morgan fingerprint density at radius 2 is 2.18 bits per heavy atom. The molecule has 1 heterocycles. The predicted molar refractivity (Wildman–Crippen MR) is 65.1 cm³/mol. The van der Waals surface area contributed by atoms with Crippen LogP contribution < -0.4 is 4.74 Å². The molecule has 1 atom stereocenters. The summed E-state index contributed by atoms with van der Waals surface area (Å²) in [6.45, 7) is 6.03. The Kier molecular flexibility index (Phi) is 4.94. The van der Waals surface area contributed by atoms with Gasteiger partial charge in [-0.25, -0.2) is 4.79 Å². The third kappa shape index (κ3) is 4.43. The van der Waals surface area contributed by atoms with E-state index in [1.165, 1.54) is 0 Å². The Hall–Kier alpha value is -1.58. The minimum atomic E-state index is -0.946. The summed E-state index contributed by atoms with van der Waals surface area (Å²) in [7, 11) is 0. The van der Waals surface area contributed by atoms with Gasteiger partial charge in [0.15, 0.2) is 6.10 Å². The molecule has 17 heavy (non-hydrogen) atoms. The molecule has 94 valence electrons. The van der Waals surface area contributed by atoms with E-state index in [1.54, 1.807) is 19.2 Å². The lowest BCUT2D eigenvalue weighted by Crippen LogP contribution is -2.25. The molecule has 0 spiro atoms. The summed E-state index contributed by atoms with van der Waals surface area (Å²) in [5, 5.41) is 8.86. The van der Waals surface area contributed by atoms with E-state index in [-0.39, 0.29) is 0 Å². The van der Waals surface area contributed by atoms with Crippen LogP contribution in [0.1, 0.15) is 32.9 Å². The molecule has 0 aliphatic carbocycles. The van der Waals surface area contributed by atoms with Gasteiger partial charge in [-0.1, -0.05) is 20.8 Å². The third-order valence-corrected chi connectivity index (χ3v) is 2.34. The molecular formula is C13H19NO3. The number of hydrogen-bond donors (Lipinski definition) is 1. The molecule has 0 bridgehead atoms. The highest BCUT2D eigenvalue weighted by Gasteiger charge is 2.16. The second kappa shape index (κ2) is 6.23. The molecule has 0 amide bonds. The molecule has 0 fully saturated rings. The summed E-state index contributed by atoms with van der Waals surface area (Å²) < 4.78 is 5.32. The molecule has 1 rings (SSSR count). The van der Waals surface area contributed by atoms with Crippen molar-refractivity contribution in [3.63, 3.8) is 0 Å². The number of carboxylic acids is 1. The lowest BCUT2D eigenvalue weighted by Gasteiger charge is -2.13. The molecule has 1 N–H and O–H groups in total. The highest BCUT2D eigenvalue weighted by Crippen LogP contribution is 2.14. The summed E-state index contributed by atoms with van der Waals surface area (Å²) in [6, 6.07) is 3.65. The number of rotatable bonds is 6. The van der Waals surface area contributed by atoms with E-state index in [2.05, 4.69) is 18.8 Å². The first-order valence-corrected chi connectivity index (χ1v) is 5.87. The number of aliphatic carboxylic acids is 1. The number of pyridine rings is 1. The topological polar surface area (TPSA) is 59.4 Å². The van der Waals surface area contributed by atoms with Crippen LogP contribution in [0, 0.1) is 5.92 Å². The van der Waals surface area contributed by atoms with E-state index in [1.807, 2.05) is 6.07 Å². The molecule has 0 aliphatic heterocycles. The number of carboxylic acid groups (broad SMARTS) is 1. The van der Waals surface area contributed by atoms with Crippen molar-refractivity contribution in [3.05, 3.63) is 24.0 Å². The van der Waals surface area contributed by atoms with Crippen LogP contribution >= 0.6 is 0 Å². The van der Waals surface area contributed by atoms with Crippen LogP contribution in [-0.4, -0.2) is 22.2 Å². The van der Waals surface area contributed by atoms with Gasteiger partial charge in [0.05, 0.1) is 6.20 Å². The fraction of sp³-hybridized carbons (Fsp3) is 0.538. The maximum absolute atomic E-state index is 10.8. The Balaban J connectivity index is 2.64. The zero-order valence-corrected chi connectivity index (χ0v) is 10.5. The second-order valence-electron chi connectivity index (χ2n) is 4.44. The van der Waals surface area contributed by atoms with E-state index in [0.717, 1.165) is 12.1 Å². The molecule has 1 aromatic rings. The van der Waals surface area contributed by atoms with Gasteiger partial charge in [0, 0.05) is 5.69 Å². The lowest BCUT2D eigenvalue weighted by molar-refractivity contribution is -0.145. The third-order valence-electron chi connectivity index (χ3n) is 2.34. The van der Waals surface area contributed by atoms with Crippen molar-refractivity contribution in [2.75, 3.05) is 0 Å². The van der Waals surface area contributed by atoms with Crippen molar-refractivity contribution in [1.29, 1.82) is 0 Å². The molecule has 0 saturated carbocycles. The normalized spacial score (nSPS) is 12.5. The van der Waals surface area contributed by atoms with Crippen molar-refractivity contribution < 1.29 is 14.6 Å². The summed E-state index contributed by atoms with van der Waals surface area (Å²) in [4.78, 5) is 15.0. The van der Waals surface area contributed by atoms with Crippen LogP contribution in [0.2, 0.25) is 0 Å². The van der Waals surface area contributed by atoms with Gasteiger partial charge in [0.2, 0.25) is 0 Å². The van der Waals surface area contributed by atoms with Crippen LogP contribution in [-0.2, 0) is 11.2 Å². The number of aromatic nitrogens is 1. The number of carbonyl (C=O) groups is 1. The fourth-order valence-electron chi connectivity index (χ4n) is 1.49. The van der Waals surface area contributed by atoms with Crippen molar-refractivity contribution in [2.45, 2.75) is 39.7 Å². The average molecular weight is 237 g/mol. The summed E-state index contributed by atoms with van der Waals surface area (Å²) in [6.07, 6.45) is 2.13. The smallest absolute Gasteiger partial charge is 0.344 e. The van der Waals surface area contributed by atoms with Crippen LogP contribution in [0.15, 0.2) is 18.3 Å². The van der Waals surface area contributed by atoms with Crippen LogP contribution in [0.4, 0.5) is 0 Å². The Labute approximate surface area is 102 Å². The molecular weight excluding hydrogens is 218 g/mol. The molecule has 0 saturated heterocycles. The average Bonchev–Trinajstić information content (AvgIpc) is 2.26. The fourth-order valence-corrected chi connectivity index (χ4v) is 1.49. The SMILES string of the molecule is CCC(Oc1ccc(CC(C)C)nc1)C(=O)O. The van der Waals surface area contributed by atoms with Crippen molar-refractivity contribution in [3.8, 4) is 5.75 Å². The minimum absolute atomic E-state index is 0.434. The minimum Gasteiger partial charge on any atom is -0.479 e. The van der Waals surface area contributed by atoms with Crippen molar-refractivity contribution in [2.24, 2.45) is 5.92 Å². The molecule has 4 heteroatoms. The maximum atomic E-state index is 10.8. The summed E-state index contributed by atoms with van der Waals surface area (Å²) in [5.41, 5.74) is 0.996. The standard InChI is InChI=1S/C13H19NO3/c1-4-12(13(15)16)17-11-6-5-10(14-8-11)7-9(2)3/h5-6,8-9,12H,4,7H2,1-3H3,(H,15,16). The van der Waals surface area contributed by atoms with Crippen LogP contribution in [0.3, 0.4) is 0 Å². The molecule has 1 unspecified atom stereocenters. The van der Waals surface area contributed by atoms with Gasteiger partial charge in [-0.3, -0.25) is 4.98 Å². The van der Waals surface area contributed by atoms with Gasteiger partial charge in [0.1, 0.15) is 5.75 Å². The Morgan fingerprint density at radius 3 is 2.59 bits per heavy atom. The quantitative estimate of drug-likeness (QED) is 0.826. The summed E-state index contributed by atoms with van der Waals surface area (Å²) >= 11 is 0. The first-order chi connectivity index (χ1) is 8.02. The molecule has 0 radical (unpaired) electrons. The van der Waals surface area contributed by atoms with E-state index >= 15 is 0 Å². The Bertz CT molecular complexity index is 359. The largest absolute Gasteiger partial charge is 0.479 e. The van der Waals surface area contributed by atoms with E-state index in [9.17, 15) is 4.79 Å². The molecule has 0 aliphatic rings. The molecule has 1 aromatic heterocycles. The highest BCUT2D eigenvalue weighted by atomic mass is 16.5. The van der Waals surface area contributed by atoms with Gasteiger partial charge >= 0.3 is 5.97 Å². The van der Waals surface area contributed by atoms with Gasteiger partial charge in [-0.2, -0.15) is 0 Å². The van der Waals surface area contributed by atoms with Crippen LogP contribution in [0.25, 0.3) is 0 Å². The Morgan fingerprint density at radius 1 is 1.47 bits per heavy atom. The monoisotopic (exact) mass is 237 g/mol. The lowest BCUT2D eigenvalue weighted by atomic mass is 10.1. The predicted octanol–water partition coefficient (Wildman–Crippen LogP) is 2.52. The highest BCUT2D eigenvalue weighted by molar-refractivity contribution is 5.72. The van der Waals surface area contributed by atoms with E-state index < -0.39 is 12.1 Å². The summed E-state index contributed by atoms with van der Waals surface area (Å²) in [5.74, 6) is 0.113. The van der Waals surface area contributed by atoms with Crippen molar-refractivity contribution in [1.82, 2.24) is 4.98 Å². The molecule has 4 nitrogen and oxygen atoms in total. The van der Waals surface area contributed by atoms with Gasteiger partial charge in [0.25, 0.3) is 0 Å². The first kappa shape index (κ1) is 13.5. The van der Waals surface area contributed by atoms with E-state index in [4.69, 9.17) is 9.84 Å². The zero-order chi connectivity index (χ0) is 12.8. The van der Waals surface area contributed by atoms with Gasteiger partial charge < -0.3 is 9.84 Å². The van der Waals surface area contributed by atoms with Crippen LogP contribution in [0.5, 0.6) is 5.75 Å². The van der Waals surface area contributed by atoms with Gasteiger partial charge in [-0.05, 0) is 30.9 Å². The number of hydrogen-bond acceptors (Lipinski definition) is 3. The number of ether oxygens (including phenoxy) is 1. The van der Waals surface area contributed by atoms with Crippen molar-refractivity contribution >= 4 is 5.97 Å². The molecule has 0 aromatic carbocycles. The van der Waals surface area contributed by atoms with E-state index in [0.29, 0.717) is 18.1 Å². The second-order valence-corrected chi connectivity index (χ2v) is 4.44. The maximum Gasteiger partial charge on any atom is 0.344 e. The zero-order valence-electron chi connectivity index (χ0n) is 10.5. The first-order valence-electron chi connectivity index (χ1n) is 5.87. The number of nitrogens with zero attached hydrogens (tertiary/aromatic N) is 1.